The van der Waals surface area contributed by atoms with Gasteiger partial charge in [-0.3, -0.25) is 19.3 Å². The van der Waals surface area contributed by atoms with E-state index in [0.29, 0.717) is 12.1 Å². The summed E-state index contributed by atoms with van der Waals surface area (Å²) in [5.41, 5.74) is 2.20. The highest BCUT2D eigenvalue weighted by Crippen LogP contribution is 2.33. The first-order chi connectivity index (χ1) is 15.9. The number of carbonyl (C=O) groups excluding carboxylic acids is 4. The van der Waals surface area contributed by atoms with E-state index >= 15 is 0 Å². The summed E-state index contributed by atoms with van der Waals surface area (Å²) >= 11 is 1.05. The Kier molecular flexibility index (Phi) is 8.43. The van der Waals surface area contributed by atoms with Crippen LogP contribution >= 0.6 is 11.8 Å². The van der Waals surface area contributed by atoms with Crippen molar-refractivity contribution in [2.24, 2.45) is 0 Å². The molecule has 0 fully saturated rings. The first kappa shape index (κ1) is 24.3. The molecule has 0 saturated heterocycles. The van der Waals surface area contributed by atoms with Gasteiger partial charge in [0, 0.05) is 18.6 Å². The normalized spacial score (nSPS) is 14.6. The van der Waals surface area contributed by atoms with Crippen molar-refractivity contribution in [1.82, 2.24) is 5.32 Å². The maximum atomic E-state index is 13.1. The van der Waals surface area contributed by atoms with Crippen LogP contribution in [-0.4, -0.2) is 35.7 Å². The quantitative estimate of drug-likeness (QED) is 0.598. The third-order valence-corrected chi connectivity index (χ3v) is 6.06. The Hall–Kier alpha value is -3.39. The van der Waals surface area contributed by atoms with E-state index in [-0.39, 0.29) is 18.1 Å². The van der Waals surface area contributed by atoms with Crippen LogP contribution in [0.2, 0.25) is 0 Å². The van der Waals surface area contributed by atoms with E-state index in [4.69, 9.17) is 4.74 Å². The number of thioether (sulfide) groups is 1. The van der Waals surface area contributed by atoms with Crippen molar-refractivity contribution in [3.8, 4) is 0 Å². The zero-order chi connectivity index (χ0) is 23.8. The minimum atomic E-state index is -1.34. The number of esters is 1. The molecule has 7 nitrogen and oxygen atoms in total. The van der Waals surface area contributed by atoms with Gasteiger partial charge in [0.15, 0.2) is 5.12 Å². The number of anilines is 1. The summed E-state index contributed by atoms with van der Waals surface area (Å²) in [7, 11) is 0. The third-order valence-electron chi connectivity index (χ3n) is 5.00. The van der Waals surface area contributed by atoms with Gasteiger partial charge in [0.2, 0.25) is 12.1 Å². The molecule has 0 radical (unpaired) electrons. The summed E-state index contributed by atoms with van der Waals surface area (Å²) in [6.07, 6.45) is 2.24. The van der Waals surface area contributed by atoms with Crippen molar-refractivity contribution >= 4 is 40.3 Å². The van der Waals surface area contributed by atoms with Crippen LogP contribution in [0.15, 0.2) is 66.7 Å². The average molecular weight is 467 g/mol. The van der Waals surface area contributed by atoms with Gasteiger partial charge in [-0.05, 0) is 36.6 Å². The second kappa shape index (κ2) is 11.5. The number of ether oxygens (including phenoxy) is 1. The molecule has 0 aliphatic carbocycles. The molecule has 1 aliphatic rings. The molecular formula is C25H26N2O5S. The molecule has 172 valence electrons. The smallest absolute Gasteiger partial charge is 0.350 e. The Bertz CT molecular complexity index is 1050. The zero-order valence-electron chi connectivity index (χ0n) is 18.5. The van der Waals surface area contributed by atoms with Crippen LogP contribution in [0.25, 0.3) is 0 Å². The fourth-order valence-electron chi connectivity index (χ4n) is 3.60. The Labute approximate surface area is 197 Å². The van der Waals surface area contributed by atoms with Crippen LogP contribution in [0.4, 0.5) is 5.69 Å². The minimum Gasteiger partial charge on any atom is -0.463 e. The maximum absolute atomic E-state index is 13.1. The number of hydrogen-bond donors (Lipinski definition) is 1. The largest absolute Gasteiger partial charge is 0.463 e. The second-order valence-electron chi connectivity index (χ2n) is 7.38. The lowest BCUT2D eigenvalue weighted by Crippen LogP contribution is -2.56. The molecule has 8 heteroatoms. The third kappa shape index (κ3) is 6.32. The molecule has 2 aromatic rings. The molecule has 0 spiro atoms. The molecule has 33 heavy (non-hydrogen) atoms. The van der Waals surface area contributed by atoms with Crippen LogP contribution < -0.4 is 10.2 Å². The molecule has 1 aliphatic heterocycles. The summed E-state index contributed by atoms with van der Waals surface area (Å²) in [4.78, 5) is 51.9. The number of fused-ring (bicyclic) bond motifs is 1. The second-order valence-corrected chi connectivity index (χ2v) is 8.76. The Morgan fingerprint density at radius 2 is 1.79 bits per heavy atom. The molecule has 0 saturated carbocycles. The van der Waals surface area contributed by atoms with Crippen molar-refractivity contribution in [1.29, 1.82) is 0 Å². The van der Waals surface area contributed by atoms with E-state index < -0.39 is 29.2 Å². The number of carbonyl (C=O) groups is 4. The van der Waals surface area contributed by atoms with Crippen LogP contribution in [0.1, 0.15) is 36.6 Å². The SMILES string of the molecule is CCOC(=O)C(NC(=O)C[C@H](SC(C)=O)c1ccccc1)N1C(=O)C=CCc2ccccc21. The fraction of sp³-hybridized carbons (Fsp3) is 0.280. The van der Waals surface area contributed by atoms with Crippen molar-refractivity contribution < 1.29 is 23.9 Å². The molecular weight excluding hydrogens is 440 g/mol. The lowest BCUT2D eigenvalue weighted by Gasteiger charge is -2.31. The van der Waals surface area contributed by atoms with Crippen molar-refractivity contribution in [3.63, 3.8) is 0 Å². The van der Waals surface area contributed by atoms with E-state index in [0.717, 1.165) is 22.9 Å². The summed E-state index contributed by atoms with van der Waals surface area (Å²) in [5.74, 6) is -1.65. The van der Waals surface area contributed by atoms with E-state index in [9.17, 15) is 19.2 Å². The predicted octanol–water partition coefficient (Wildman–Crippen LogP) is 3.55. The Morgan fingerprint density at radius 1 is 1.09 bits per heavy atom. The fourth-order valence-corrected chi connectivity index (χ4v) is 4.52. The van der Waals surface area contributed by atoms with Crippen molar-refractivity contribution in [3.05, 3.63) is 77.9 Å². The monoisotopic (exact) mass is 466 g/mol. The summed E-state index contributed by atoms with van der Waals surface area (Å²) in [5, 5.41) is 2.12. The molecule has 0 aromatic heterocycles. The number of para-hydroxylation sites is 1. The number of nitrogens with one attached hydrogen (secondary N) is 1. The Balaban J connectivity index is 1.89. The standard InChI is InChI=1S/C25H26N2O5S/c1-3-32-25(31)24(27-20-14-8-7-10-18(20)13-9-15-23(27)30)26-22(29)16-21(33-17(2)28)19-11-5-4-6-12-19/h4-12,14-15,21,24H,3,13,16H2,1-2H3,(H,26,29)/t21-,24?/m0/s1. The van der Waals surface area contributed by atoms with Gasteiger partial charge in [0.05, 0.1) is 12.3 Å². The number of nitrogens with zero attached hydrogens (tertiary/aromatic N) is 1. The minimum absolute atomic E-state index is 0.0519. The molecule has 3 rings (SSSR count). The number of benzene rings is 2. The van der Waals surface area contributed by atoms with Gasteiger partial charge in [-0.1, -0.05) is 66.4 Å². The van der Waals surface area contributed by atoms with E-state index in [1.165, 1.54) is 17.9 Å². The molecule has 1 unspecified atom stereocenters. The van der Waals surface area contributed by atoms with Crippen LogP contribution in [-0.2, 0) is 30.3 Å². The Morgan fingerprint density at radius 3 is 2.48 bits per heavy atom. The van der Waals surface area contributed by atoms with Gasteiger partial charge in [-0.2, -0.15) is 0 Å². The number of allylic oxidation sites excluding steroid dienone is 1. The molecule has 1 heterocycles. The first-order valence-corrected chi connectivity index (χ1v) is 11.5. The van der Waals surface area contributed by atoms with Gasteiger partial charge in [0.1, 0.15) is 0 Å². The number of amides is 2. The first-order valence-electron chi connectivity index (χ1n) is 10.7. The van der Waals surface area contributed by atoms with Crippen LogP contribution in [0.5, 0.6) is 0 Å². The maximum Gasteiger partial charge on any atom is 0.350 e. The lowest BCUT2D eigenvalue weighted by atomic mass is 10.1. The van der Waals surface area contributed by atoms with Gasteiger partial charge < -0.3 is 10.1 Å². The average Bonchev–Trinajstić information content (AvgIpc) is 2.95. The van der Waals surface area contributed by atoms with E-state index in [1.54, 1.807) is 25.1 Å². The molecule has 1 N–H and O–H groups in total. The zero-order valence-corrected chi connectivity index (χ0v) is 19.3. The topological polar surface area (TPSA) is 92.8 Å². The van der Waals surface area contributed by atoms with Gasteiger partial charge in [-0.15, -0.1) is 0 Å². The summed E-state index contributed by atoms with van der Waals surface area (Å²) in [6.45, 7) is 3.19. The highest BCUT2D eigenvalue weighted by molar-refractivity contribution is 8.13. The van der Waals surface area contributed by atoms with Crippen LogP contribution in [0, 0.1) is 0 Å². The van der Waals surface area contributed by atoms with Gasteiger partial charge in [0.25, 0.3) is 5.91 Å². The highest BCUT2D eigenvalue weighted by Gasteiger charge is 2.35. The van der Waals surface area contributed by atoms with Crippen molar-refractivity contribution in [2.45, 2.75) is 38.1 Å². The number of rotatable bonds is 8. The molecule has 2 amide bonds. The summed E-state index contributed by atoms with van der Waals surface area (Å²) < 4.78 is 5.19. The molecule has 2 atom stereocenters. The van der Waals surface area contributed by atoms with Gasteiger partial charge >= 0.3 is 5.97 Å². The highest BCUT2D eigenvalue weighted by atomic mass is 32.2. The van der Waals surface area contributed by atoms with Gasteiger partial charge in [-0.25, -0.2) is 4.79 Å². The van der Waals surface area contributed by atoms with Crippen LogP contribution in [0.3, 0.4) is 0 Å². The lowest BCUT2D eigenvalue weighted by molar-refractivity contribution is -0.148. The number of hydrogen-bond acceptors (Lipinski definition) is 6. The van der Waals surface area contributed by atoms with E-state index in [1.807, 2.05) is 42.5 Å². The molecule has 0 bridgehead atoms. The molecule has 2 aromatic carbocycles. The summed E-state index contributed by atoms with van der Waals surface area (Å²) in [6, 6.07) is 16.4. The predicted molar refractivity (Wildman–Crippen MR) is 127 cm³/mol. The van der Waals surface area contributed by atoms with Crippen molar-refractivity contribution in [2.75, 3.05) is 11.5 Å². The van der Waals surface area contributed by atoms with E-state index in [2.05, 4.69) is 5.32 Å².